The third-order valence-corrected chi connectivity index (χ3v) is 5.63. The number of carbonyl (C=O) groups is 1. The van der Waals surface area contributed by atoms with Crippen molar-refractivity contribution in [2.45, 2.75) is 46.0 Å². The van der Waals surface area contributed by atoms with Crippen LogP contribution in [0, 0.1) is 11.3 Å². The molecule has 0 radical (unpaired) electrons. The van der Waals surface area contributed by atoms with Crippen LogP contribution < -0.4 is 15.4 Å². The van der Waals surface area contributed by atoms with Gasteiger partial charge < -0.3 is 20.3 Å². The summed E-state index contributed by atoms with van der Waals surface area (Å²) in [6.45, 7) is 7.98. The number of nitrogens with two attached hydrogens (primary N) is 1. The van der Waals surface area contributed by atoms with Gasteiger partial charge in [0.05, 0.1) is 7.11 Å². The predicted molar refractivity (Wildman–Crippen MR) is 102 cm³/mol. The minimum atomic E-state index is 0.149. The quantitative estimate of drug-likeness (QED) is 0.866. The highest BCUT2D eigenvalue weighted by Gasteiger charge is 2.42. The largest absolute Gasteiger partial charge is 0.481 e. The Morgan fingerprint density at radius 2 is 2.12 bits per heavy atom. The summed E-state index contributed by atoms with van der Waals surface area (Å²) in [7, 11) is 1.59. The summed E-state index contributed by atoms with van der Waals surface area (Å²) in [5.74, 6) is 2.46. The summed E-state index contributed by atoms with van der Waals surface area (Å²) < 4.78 is 5.24. The van der Waals surface area contributed by atoms with Crippen molar-refractivity contribution in [1.82, 2.24) is 14.9 Å². The molecule has 0 aliphatic carbocycles. The first kappa shape index (κ1) is 18.7. The number of methoxy groups -OCH3 is 1. The van der Waals surface area contributed by atoms with Gasteiger partial charge in [-0.15, -0.1) is 0 Å². The average Bonchev–Trinajstić information content (AvgIpc) is 2.62. The zero-order valence-corrected chi connectivity index (χ0v) is 16.2. The van der Waals surface area contributed by atoms with Gasteiger partial charge in [-0.1, -0.05) is 13.8 Å². The highest BCUT2D eigenvalue weighted by Crippen LogP contribution is 2.40. The van der Waals surface area contributed by atoms with Crippen LogP contribution in [0.2, 0.25) is 0 Å². The first-order valence-electron chi connectivity index (χ1n) is 9.62. The van der Waals surface area contributed by atoms with Crippen LogP contribution in [0.25, 0.3) is 0 Å². The summed E-state index contributed by atoms with van der Waals surface area (Å²) in [6.07, 6.45) is 4.93. The van der Waals surface area contributed by atoms with Crippen LogP contribution in [-0.4, -0.2) is 54.1 Å². The Labute approximate surface area is 155 Å². The number of amides is 1. The van der Waals surface area contributed by atoms with Crippen LogP contribution in [0.1, 0.15) is 46.0 Å². The topological polar surface area (TPSA) is 84.6 Å². The van der Waals surface area contributed by atoms with Gasteiger partial charge in [0.2, 0.25) is 17.7 Å². The fourth-order valence-corrected chi connectivity index (χ4v) is 4.15. The molecule has 0 aromatic carbocycles. The van der Waals surface area contributed by atoms with E-state index in [1.54, 1.807) is 7.11 Å². The summed E-state index contributed by atoms with van der Waals surface area (Å²) >= 11 is 0. The van der Waals surface area contributed by atoms with E-state index in [0.717, 1.165) is 57.7 Å². The molecular formula is C19H31N5O2. The van der Waals surface area contributed by atoms with E-state index in [1.807, 2.05) is 6.07 Å². The molecule has 2 aliphatic rings. The Bertz CT molecular complexity index is 651. The fourth-order valence-electron chi connectivity index (χ4n) is 4.15. The molecule has 1 aromatic heterocycles. The molecular weight excluding hydrogens is 330 g/mol. The van der Waals surface area contributed by atoms with Crippen molar-refractivity contribution < 1.29 is 9.53 Å². The smallest absolute Gasteiger partial charge is 0.225 e. The number of piperidine rings is 2. The Hall–Kier alpha value is -2.05. The van der Waals surface area contributed by atoms with Gasteiger partial charge in [-0.05, 0) is 31.6 Å². The second-order valence-electron chi connectivity index (χ2n) is 8.15. The monoisotopic (exact) mass is 361 g/mol. The molecule has 2 N–H and O–H groups in total. The standard InChI is InChI=1S/C19H31N5O2/c1-14(2)6-10-24-13-19(8-5-17(24)25)7-4-9-23(12-19)15-11-16(26-3)22-18(20)21-15/h11,14H,4-10,12-13H2,1-3H3,(H2,20,21,22). The lowest BCUT2D eigenvalue weighted by Gasteiger charge is -2.48. The molecule has 144 valence electrons. The van der Waals surface area contributed by atoms with Crippen LogP contribution in [0.3, 0.4) is 0 Å². The molecule has 0 saturated carbocycles. The molecule has 3 rings (SSSR count). The summed E-state index contributed by atoms with van der Waals surface area (Å²) in [5, 5.41) is 0. The van der Waals surface area contributed by atoms with Crippen molar-refractivity contribution >= 4 is 17.7 Å². The van der Waals surface area contributed by atoms with E-state index < -0.39 is 0 Å². The lowest BCUT2D eigenvalue weighted by atomic mass is 9.73. The second-order valence-corrected chi connectivity index (χ2v) is 8.15. The highest BCUT2D eigenvalue weighted by molar-refractivity contribution is 5.77. The maximum absolute atomic E-state index is 12.4. The van der Waals surface area contributed by atoms with Crippen molar-refractivity contribution in [2.24, 2.45) is 11.3 Å². The lowest BCUT2D eigenvalue weighted by Crippen LogP contribution is -2.54. The molecule has 1 aromatic rings. The molecule has 2 saturated heterocycles. The number of likely N-dealkylation sites (tertiary alicyclic amines) is 1. The minimum Gasteiger partial charge on any atom is -0.481 e. The molecule has 26 heavy (non-hydrogen) atoms. The van der Waals surface area contributed by atoms with Crippen LogP contribution in [0.15, 0.2) is 6.07 Å². The molecule has 2 fully saturated rings. The van der Waals surface area contributed by atoms with Gasteiger partial charge >= 0.3 is 0 Å². The van der Waals surface area contributed by atoms with E-state index >= 15 is 0 Å². The molecule has 3 heterocycles. The third-order valence-electron chi connectivity index (χ3n) is 5.63. The van der Waals surface area contributed by atoms with E-state index in [4.69, 9.17) is 10.5 Å². The molecule has 7 nitrogen and oxygen atoms in total. The molecule has 7 heteroatoms. The zero-order valence-electron chi connectivity index (χ0n) is 16.2. The molecule has 2 aliphatic heterocycles. The van der Waals surface area contributed by atoms with E-state index in [0.29, 0.717) is 24.1 Å². The third kappa shape index (κ3) is 4.19. The Morgan fingerprint density at radius 3 is 2.85 bits per heavy atom. The van der Waals surface area contributed by atoms with Crippen LogP contribution in [0.4, 0.5) is 11.8 Å². The van der Waals surface area contributed by atoms with Crippen molar-refractivity contribution in [3.8, 4) is 5.88 Å². The van der Waals surface area contributed by atoms with Gasteiger partial charge in [-0.2, -0.15) is 9.97 Å². The Balaban J connectivity index is 1.74. The summed E-state index contributed by atoms with van der Waals surface area (Å²) in [5.41, 5.74) is 5.99. The van der Waals surface area contributed by atoms with E-state index in [9.17, 15) is 4.79 Å². The predicted octanol–water partition coefficient (Wildman–Crippen LogP) is 2.32. The maximum atomic E-state index is 12.4. The fraction of sp³-hybridized carbons (Fsp3) is 0.737. The lowest BCUT2D eigenvalue weighted by molar-refractivity contribution is -0.138. The Morgan fingerprint density at radius 1 is 1.31 bits per heavy atom. The minimum absolute atomic E-state index is 0.149. The number of nitrogen functional groups attached to an aromatic ring is 1. The van der Waals surface area contributed by atoms with Crippen molar-refractivity contribution in [2.75, 3.05) is 43.9 Å². The van der Waals surface area contributed by atoms with Gasteiger partial charge in [0.25, 0.3) is 0 Å². The van der Waals surface area contributed by atoms with Gasteiger partial charge in [0.1, 0.15) is 5.82 Å². The van der Waals surface area contributed by atoms with Crippen LogP contribution >= 0.6 is 0 Å². The second kappa shape index (κ2) is 7.68. The number of anilines is 2. The van der Waals surface area contributed by atoms with E-state index in [1.165, 1.54) is 0 Å². The summed E-state index contributed by atoms with van der Waals surface area (Å²) in [6, 6.07) is 1.85. The number of carbonyl (C=O) groups excluding carboxylic acids is 1. The number of rotatable bonds is 5. The zero-order chi connectivity index (χ0) is 18.7. The van der Waals surface area contributed by atoms with Crippen molar-refractivity contribution in [1.29, 1.82) is 0 Å². The van der Waals surface area contributed by atoms with Crippen LogP contribution in [-0.2, 0) is 4.79 Å². The number of ether oxygens (including phenoxy) is 1. The van der Waals surface area contributed by atoms with Crippen LogP contribution in [0.5, 0.6) is 5.88 Å². The van der Waals surface area contributed by atoms with Gasteiger partial charge in [-0.25, -0.2) is 0 Å². The van der Waals surface area contributed by atoms with Gasteiger partial charge in [0.15, 0.2) is 0 Å². The maximum Gasteiger partial charge on any atom is 0.225 e. The Kier molecular flexibility index (Phi) is 5.53. The SMILES string of the molecule is COc1cc(N2CCCC3(CCC(=O)N(CCC(C)C)C3)C2)nc(N)n1. The molecule has 1 amide bonds. The first-order valence-corrected chi connectivity index (χ1v) is 9.62. The number of aromatic nitrogens is 2. The van der Waals surface area contributed by atoms with Gasteiger partial charge in [0, 0.05) is 44.1 Å². The van der Waals surface area contributed by atoms with Gasteiger partial charge in [-0.3, -0.25) is 4.79 Å². The normalized spacial score (nSPS) is 23.8. The number of hydrogen-bond donors (Lipinski definition) is 1. The number of nitrogens with zero attached hydrogens (tertiary/aromatic N) is 4. The molecule has 1 spiro atoms. The van der Waals surface area contributed by atoms with Crippen molar-refractivity contribution in [3.63, 3.8) is 0 Å². The average molecular weight is 361 g/mol. The molecule has 1 atom stereocenters. The summed E-state index contributed by atoms with van der Waals surface area (Å²) in [4.78, 5) is 25.2. The van der Waals surface area contributed by atoms with E-state index in [2.05, 4.69) is 33.6 Å². The molecule has 1 unspecified atom stereocenters. The molecule has 0 bridgehead atoms. The first-order chi connectivity index (χ1) is 12.4. The highest BCUT2D eigenvalue weighted by atomic mass is 16.5. The van der Waals surface area contributed by atoms with Crippen molar-refractivity contribution in [3.05, 3.63) is 6.07 Å². The number of hydrogen-bond acceptors (Lipinski definition) is 6. The van der Waals surface area contributed by atoms with E-state index in [-0.39, 0.29) is 11.4 Å².